The molecule has 0 amide bonds. The van der Waals surface area contributed by atoms with Crippen molar-refractivity contribution < 1.29 is 0 Å². The standard InChI is InChI=1S/C19H36N2/c1-2-20-17-12-5-3-4-6-14-19(17)21-15-9-11-16-10-7-8-13-18(16)21/h16-20H,2-15H2,1H3/t16-,17?,18-,19?/m1/s1. The summed E-state index contributed by atoms with van der Waals surface area (Å²) in [5.74, 6) is 1.03. The van der Waals surface area contributed by atoms with Gasteiger partial charge in [-0.3, -0.25) is 4.90 Å². The zero-order chi connectivity index (χ0) is 14.5. The van der Waals surface area contributed by atoms with Crippen LogP contribution in [-0.2, 0) is 0 Å². The second-order valence-corrected chi connectivity index (χ2v) is 7.72. The predicted octanol–water partition coefficient (Wildman–Crippen LogP) is 4.34. The fraction of sp³-hybridized carbons (Fsp3) is 1.00. The van der Waals surface area contributed by atoms with Crippen molar-refractivity contribution in [1.82, 2.24) is 10.2 Å². The van der Waals surface area contributed by atoms with Gasteiger partial charge in [0.2, 0.25) is 0 Å². The lowest BCUT2D eigenvalue weighted by Gasteiger charge is -2.50. The Bertz CT molecular complexity index is 302. The summed E-state index contributed by atoms with van der Waals surface area (Å²) in [6.07, 6.45) is 17.6. The largest absolute Gasteiger partial charge is 0.313 e. The van der Waals surface area contributed by atoms with Gasteiger partial charge in [0.25, 0.3) is 0 Å². The molecule has 2 unspecified atom stereocenters. The molecule has 3 aliphatic rings. The molecule has 3 rings (SSSR count). The van der Waals surface area contributed by atoms with E-state index in [0.29, 0.717) is 0 Å². The Labute approximate surface area is 132 Å². The van der Waals surface area contributed by atoms with E-state index in [4.69, 9.17) is 0 Å². The van der Waals surface area contributed by atoms with Gasteiger partial charge in [0.1, 0.15) is 0 Å². The molecule has 1 heterocycles. The van der Waals surface area contributed by atoms with Crippen LogP contribution in [0.15, 0.2) is 0 Å². The van der Waals surface area contributed by atoms with Crippen LogP contribution in [0, 0.1) is 5.92 Å². The zero-order valence-electron chi connectivity index (χ0n) is 14.2. The van der Waals surface area contributed by atoms with Crippen LogP contribution in [0.3, 0.4) is 0 Å². The Balaban J connectivity index is 1.72. The van der Waals surface area contributed by atoms with E-state index in [-0.39, 0.29) is 0 Å². The molecule has 21 heavy (non-hydrogen) atoms. The zero-order valence-corrected chi connectivity index (χ0v) is 14.2. The summed E-state index contributed by atoms with van der Waals surface area (Å²) >= 11 is 0. The molecular weight excluding hydrogens is 256 g/mol. The SMILES string of the molecule is CCNC1CCCCCCC1N1CCC[C@H]2CCCC[C@H]21. The topological polar surface area (TPSA) is 15.3 Å². The second-order valence-electron chi connectivity index (χ2n) is 7.72. The van der Waals surface area contributed by atoms with Crippen molar-refractivity contribution in [3.05, 3.63) is 0 Å². The summed E-state index contributed by atoms with van der Waals surface area (Å²) in [5, 5.41) is 3.85. The van der Waals surface area contributed by atoms with Crippen LogP contribution in [0.25, 0.3) is 0 Å². The Kier molecular flexibility index (Phi) is 5.99. The maximum atomic E-state index is 3.85. The molecule has 0 aromatic heterocycles. The lowest BCUT2D eigenvalue weighted by Crippen LogP contribution is -2.58. The number of hydrogen-bond acceptors (Lipinski definition) is 2. The van der Waals surface area contributed by atoms with E-state index < -0.39 is 0 Å². The number of piperidine rings is 1. The van der Waals surface area contributed by atoms with Crippen molar-refractivity contribution in [3.8, 4) is 0 Å². The molecule has 0 aromatic carbocycles. The second kappa shape index (κ2) is 7.97. The van der Waals surface area contributed by atoms with Crippen LogP contribution < -0.4 is 5.32 Å². The van der Waals surface area contributed by atoms with Gasteiger partial charge in [-0.2, -0.15) is 0 Å². The Morgan fingerprint density at radius 1 is 0.762 bits per heavy atom. The summed E-state index contributed by atoms with van der Waals surface area (Å²) in [4.78, 5) is 2.99. The summed E-state index contributed by atoms with van der Waals surface area (Å²) in [6.45, 7) is 4.81. The van der Waals surface area contributed by atoms with Gasteiger partial charge in [-0.1, -0.05) is 45.4 Å². The highest BCUT2D eigenvalue weighted by Crippen LogP contribution is 2.38. The number of fused-ring (bicyclic) bond motifs is 1. The first-order valence-electron chi connectivity index (χ1n) is 9.89. The van der Waals surface area contributed by atoms with E-state index >= 15 is 0 Å². The molecule has 1 saturated heterocycles. The molecule has 2 nitrogen and oxygen atoms in total. The van der Waals surface area contributed by atoms with E-state index in [0.717, 1.165) is 30.6 Å². The van der Waals surface area contributed by atoms with Gasteiger partial charge in [0.15, 0.2) is 0 Å². The van der Waals surface area contributed by atoms with Gasteiger partial charge in [-0.25, -0.2) is 0 Å². The van der Waals surface area contributed by atoms with E-state index in [1.807, 2.05) is 0 Å². The predicted molar refractivity (Wildman–Crippen MR) is 90.6 cm³/mol. The highest BCUT2D eigenvalue weighted by atomic mass is 15.2. The Hall–Kier alpha value is -0.0800. The number of nitrogens with zero attached hydrogens (tertiary/aromatic N) is 1. The number of hydrogen-bond donors (Lipinski definition) is 1. The van der Waals surface area contributed by atoms with Gasteiger partial charge in [-0.15, -0.1) is 0 Å². The molecular formula is C19H36N2. The average molecular weight is 293 g/mol. The molecule has 4 atom stereocenters. The Morgan fingerprint density at radius 3 is 2.29 bits per heavy atom. The fourth-order valence-corrected chi connectivity index (χ4v) is 5.44. The van der Waals surface area contributed by atoms with E-state index in [2.05, 4.69) is 17.1 Å². The minimum absolute atomic E-state index is 0.760. The fourth-order valence-electron chi connectivity index (χ4n) is 5.44. The first kappa shape index (κ1) is 15.8. The molecule has 2 heteroatoms. The molecule has 3 fully saturated rings. The van der Waals surface area contributed by atoms with Crippen molar-refractivity contribution in [3.63, 3.8) is 0 Å². The monoisotopic (exact) mass is 292 g/mol. The third-order valence-electron chi connectivity index (χ3n) is 6.41. The van der Waals surface area contributed by atoms with Crippen LogP contribution in [0.4, 0.5) is 0 Å². The lowest BCUT2D eigenvalue weighted by atomic mass is 9.76. The van der Waals surface area contributed by atoms with Crippen molar-refractivity contribution in [2.45, 2.75) is 102 Å². The van der Waals surface area contributed by atoms with Crippen LogP contribution in [0.5, 0.6) is 0 Å². The summed E-state index contributed by atoms with van der Waals surface area (Å²) in [5.41, 5.74) is 0. The molecule has 0 spiro atoms. The minimum Gasteiger partial charge on any atom is -0.313 e. The van der Waals surface area contributed by atoms with Gasteiger partial charge < -0.3 is 5.32 Å². The summed E-state index contributed by atoms with van der Waals surface area (Å²) in [6, 6.07) is 2.52. The van der Waals surface area contributed by atoms with E-state index in [9.17, 15) is 0 Å². The number of likely N-dealkylation sites (N-methyl/N-ethyl adjacent to an activating group) is 1. The van der Waals surface area contributed by atoms with Gasteiger partial charge >= 0.3 is 0 Å². The lowest BCUT2D eigenvalue weighted by molar-refractivity contribution is 0.00532. The van der Waals surface area contributed by atoms with Crippen LogP contribution in [0.2, 0.25) is 0 Å². The third kappa shape index (κ3) is 3.82. The van der Waals surface area contributed by atoms with Crippen LogP contribution >= 0.6 is 0 Å². The third-order valence-corrected chi connectivity index (χ3v) is 6.41. The summed E-state index contributed by atoms with van der Waals surface area (Å²) < 4.78 is 0. The maximum absolute atomic E-state index is 3.85. The Morgan fingerprint density at radius 2 is 1.43 bits per heavy atom. The average Bonchev–Trinajstić information content (AvgIpc) is 2.50. The summed E-state index contributed by atoms with van der Waals surface area (Å²) in [7, 11) is 0. The molecule has 1 aliphatic heterocycles. The normalized spacial score (nSPS) is 39.3. The molecule has 0 aromatic rings. The molecule has 1 N–H and O–H groups in total. The van der Waals surface area contributed by atoms with Crippen molar-refractivity contribution in [2.75, 3.05) is 13.1 Å². The molecule has 0 bridgehead atoms. The van der Waals surface area contributed by atoms with E-state index in [1.165, 1.54) is 83.6 Å². The maximum Gasteiger partial charge on any atom is 0.0252 e. The van der Waals surface area contributed by atoms with E-state index in [1.54, 1.807) is 0 Å². The van der Waals surface area contributed by atoms with Crippen LogP contribution in [0.1, 0.15) is 84.0 Å². The first-order valence-corrected chi connectivity index (χ1v) is 9.89. The molecule has 2 saturated carbocycles. The quantitative estimate of drug-likeness (QED) is 0.832. The smallest absolute Gasteiger partial charge is 0.0252 e. The number of likely N-dealkylation sites (tertiary alicyclic amines) is 1. The highest BCUT2D eigenvalue weighted by Gasteiger charge is 2.38. The molecule has 2 aliphatic carbocycles. The molecule has 122 valence electrons. The highest BCUT2D eigenvalue weighted by molar-refractivity contribution is 4.95. The van der Waals surface area contributed by atoms with Crippen LogP contribution in [-0.4, -0.2) is 36.1 Å². The number of rotatable bonds is 3. The molecule has 0 radical (unpaired) electrons. The first-order chi connectivity index (χ1) is 10.4. The van der Waals surface area contributed by atoms with Crippen molar-refractivity contribution in [1.29, 1.82) is 0 Å². The number of nitrogens with one attached hydrogen (secondary N) is 1. The van der Waals surface area contributed by atoms with Crippen molar-refractivity contribution >= 4 is 0 Å². The van der Waals surface area contributed by atoms with Crippen molar-refractivity contribution in [2.24, 2.45) is 5.92 Å². The van der Waals surface area contributed by atoms with Gasteiger partial charge in [0, 0.05) is 18.1 Å². The van der Waals surface area contributed by atoms with Gasteiger partial charge in [-0.05, 0) is 57.5 Å². The van der Waals surface area contributed by atoms with Gasteiger partial charge in [0.05, 0.1) is 0 Å². The minimum atomic E-state index is 0.760.